The van der Waals surface area contributed by atoms with Crippen LogP contribution in [0.4, 0.5) is 5.95 Å². The van der Waals surface area contributed by atoms with Crippen molar-refractivity contribution in [1.29, 1.82) is 0 Å². The van der Waals surface area contributed by atoms with Crippen LogP contribution in [0, 0.1) is 5.41 Å². The maximum absolute atomic E-state index is 13.5. The van der Waals surface area contributed by atoms with Crippen LogP contribution in [0.1, 0.15) is 32.8 Å². The highest BCUT2D eigenvalue weighted by Gasteiger charge is 2.50. The summed E-state index contributed by atoms with van der Waals surface area (Å²) in [5.41, 5.74) is 1.63. The van der Waals surface area contributed by atoms with Crippen molar-refractivity contribution in [2.45, 2.75) is 38.8 Å². The van der Waals surface area contributed by atoms with Crippen LogP contribution in [0.5, 0.6) is 0 Å². The van der Waals surface area contributed by atoms with Gasteiger partial charge in [0.25, 0.3) is 0 Å². The minimum Gasteiger partial charge on any atom is -0.384 e. The van der Waals surface area contributed by atoms with Crippen molar-refractivity contribution < 1.29 is 9.90 Å². The number of carbonyl (C=O) groups is 1. The molecule has 1 aliphatic rings. The molecule has 0 bridgehead atoms. The van der Waals surface area contributed by atoms with E-state index in [1.54, 1.807) is 17.0 Å². The molecule has 4 rings (SSSR count). The number of hydrogen-bond acceptors (Lipinski definition) is 4. The first-order valence-corrected chi connectivity index (χ1v) is 11.1. The van der Waals surface area contributed by atoms with Crippen molar-refractivity contribution in [3.63, 3.8) is 0 Å². The molecule has 1 saturated heterocycles. The van der Waals surface area contributed by atoms with Gasteiger partial charge in [0.2, 0.25) is 11.9 Å². The van der Waals surface area contributed by atoms with Gasteiger partial charge in [-0.2, -0.15) is 0 Å². The Morgan fingerprint density at radius 3 is 2.56 bits per heavy atom. The first-order chi connectivity index (χ1) is 15.1. The molecule has 1 aromatic heterocycles. The molecule has 1 aliphatic heterocycles. The zero-order valence-electron chi connectivity index (χ0n) is 18.7. The fourth-order valence-electron chi connectivity index (χ4n) is 4.51. The van der Waals surface area contributed by atoms with Gasteiger partial charge in [-0.25, -0.2) is 4.98 Å². The van der Waals surface area contributed by atoms with E-state index in [0.717, 1.165) is 16.6 Å². The number of aromatic nitrogens is 2. The number of piperidine rings is 1. The fourth-order valence-corrected chi connectivity index (χ4v) is 4.63. The molecular formula is C25H29ClN4O2. The maximum Gasteiger partial charge on any atom is 0.249 e. The zero-order valence-corrected chi connectivity index (χ0v) is 19.4. The lowest BCUT2D eigenvalue weighted by atomic mass is 9.66. The Morgan fingerprint density at radius 1 is 1.25 bits per heavy atom. The number of aliphatic hydroxyl groups is 1. The van der Waals surface area contributed by atoms with E-state index in [-0.39, 0.29) is 5.91 Å². The summed E-state index contributed by atoms with van der Waals surface area (Å²) >= 11 is 6.03. The maximum atomic E-state index is 13.5. The SMILES string of the molecule is C=C(C)[C@@H](Nc1nc2ccccc2[nH]1)C(=O)N1CC[C@](O)(c2ccc(Cl)cc2)C(C)(C)C1. The van der Waals surface area contributed by atoms with Gasteiger partial charge in [-0.1, -0.05) is 56.3 Å². The van der Waals surface area contributed by atoms with Gasteiger partial charge < -0.3 is 20.3 Å². The third kappa shape index (κ3) is 4.00. The first-order valence-electron chi connectivity index (χ1n) is 10.7. The van der Waals surface area contributed by atoms with Crippen molar-refractivity contribution in [1.82, 2.24) is 14.9 Å². The molecule has 0 saturated carbocycles. The number of rotatable bonds is 5. The summed E-state index contributed by atoms with van der Waals surface area (Å²) in [5.74, 6) is 0.450. The van der Waals surface area contributed by atoms with Gasteiger partial charge in [0.1, 0.15) is 6.04 Å². The Kier molecular flexibility index (Phi) is 5.77. The van der Waals surface area contributed by atoms with Crippen molar-refractivity contribution in [2.75, 3.05) is 18.4 Å². The number of nitrogens with zero attached hydrogens (tertiary/aromatic N) is 2. The molecule has 3 aromatic rings. The van der Waals surface area contributed by atoms with Crippen LogP contribution >= 0.6 is 11.6 Å². The molecule has 0 unspecified atom stereocenters. The number of amides is 1. The van der Waals surface area contributed by atoms with Crippen molar-refractivity contribution in [2.24, 2.45) is 5.41 Å². The van der Waals surface area contributed by atoms with E-state index < -0.39 is 17.1 Å². The Labute approximate surface area is 193 Å². The number of imidazole rings is 1. The summed E-state index contributed by atoms with van der Waals surface area (Å²) in [6, 6.07) is 14.4. The van der Waals surface area contributed by atoms with Gasteiger partial charge in [-0.15, -0.1) is 0 Å². The second-order valence-electron chi connectivity index (χ2n) is 9.29. The molecule has 2 atom stereocenters. The molecule has 2 heterocycles. The van der Waals surface area contributed by atoms with Gasteiger partial charge in [-0.05, 0) is 48.7 Å². The highest BCUT2D eigenvalue weighted by atomic mass is 35.5. The average Bonchev–Trinajstić information content (AvgIpc) is 3.16. The lowest BCUT2D eigenvalue weighted by Gasteiger charge is -2.51. The van der Waals surface area contributed by atoms with Gasteiger partial charge in [0.15, 0.2) is 0 Å². The van der Waals surface area contributed by atoms with Crippen LogP contribution in [0.15, 0.2) is 60.7 Å². The summed E-state index contributed by atoms with van der Waals surface area (Å²) in [7, 11) is 0. The van der Waals surface area contributed by atoms with Crippen LogP contribution < -0.4 is 5.32 Å². The molecule has 168 valence electrons. The topological polar surface area (TPSA) is 81.2 Å². The Bertz CT molecular complexity index is 1120. The van der Waals surface area contributed by atoms with Crippen LogP contribution in [0.25, 0.3) is 11.0 Å². The molecule has 3 N–H and O–H groups in total. The number of halogens is 1. The molecular weight excluding hydrogens is 424 g/mol. The molecule has 0 aliphatic carbocycles. The molecule has 2 aromatic carbocycles. The van der Waals surface area contributed by atoms with E-state index in [9.17, 15) is 9.90 Å². The number of fused-ring (bicyclic) bond motifs is 1. The van der Waals surface area contributed by atoms with Crippen LogP contribution in [0.2, 0.25) is 5.02 Å². The summed E-state index contributed by atoms with van der Waals surface area (Å²) in [6.45, 7) is 10.7. The summed E-state index contributed by atoms with van der Waals surface area (Å²) in [6.07, 6.45) is 0.431. The first kappa shape index (κ1) is 22.4. The Balaban J connectivity index is 1.54. The van der Waals surface area contributed by atoms with E-state index in [1.807, 2.05) is 57.2 Å². The predicted octanol–water partition coefficient (Wildman–Crippen LogP) is 4.72. The summed E-state index contributed by atoms with van der Waals surface area (Å²) in [4.78, 5) is 23.0. The Morgan fingerprint density at radius 2 is 1.94 bits per heavy atom. The van der Waals surface area contributed by atoms with Gasteiger partial charge in [0, 0.05) is 23.5 Å². The summed E-state index contributed by atoms with van der Waals surface area (Å²) in [5, 5.41) is 15.4. The second kappa shape index (κ2) is 8.26. The molecule has 0 spiro atoms. The van der Waals surface area contributed by atoms with Gasteiger partial charge in [-0.3, -0.25) is 4.79 Å². The smallest absolute Gasteiger partial charge is 0.249 e. The number of likely N-dealkylation sites (tertiary alicyclic amines) is 1. The molecule has 1 fully saturated rings. The van der Waals surface area contributed by atoms with E-state index in [2.05, 4.69) is 21.9 Å². The lowest BCUT2D eigenvalue weighted by Crippen LogP contribution is -2.58. The molecule has 1 amide bonds. The fraction of sp³-hybridized carbons (Fsp3) is 0.360. The van der Waals surface area contributed by atoms with E-state index in [4.69, 9.17) is 11.6 Å². The monoisotopic (exact) mass is 452 g/mol. The third-order valence-corrected chi connectivity index (χ3v) is 6.74. The minimum atomic E-state index is -1.06. The summed E-state index contributed by atoms with van der Waals surface area (Å²) < 4.78 is 0. The van der Waals surface area contributed by atoms with Gasteiger partial charge >= 0.3 is 0 Å². The van der Waals surface area contributed by atoms with Crippen LogP contribution in [-0.2, 0) is 10.4 Å². The molecule has 32 heavy (non-hydrogen) atoms. The van der Waals surface area contributed by atoms with E-state index >= 15 is 0 Å². The number of nitrogens with one attached hydrogen (secondary N) is 2. The van der Waals surface area contributed by atoms with Gasteiger partial charge in [0.05, 0.1) is 16.6 Å². The highest BCUT2D eigenvalue weighted by molar-refractivity contribution is 6.30. The number of anilines is 1. The van der Waals surface area contributed by atoms with Crippen molar-refractivity contribution in [3.05, 3.63) is 71.3 Å². The number of H-pyrrole nitrogens is 1. The minimum absolute atomic E-state index is 0.0795. The zero-order chi connectivity index (χ0) is 23.1. The number of hydrogen-bond donors (Lipinski definition) is 3. The molecule has 7 heteroatoms. The van der Waals surface area contributed by atoms with Crippen LogP contribution in [-0.4, -0.2) is 45.0 Å². The van der Waals surface area contributed by atoms with E-state index in [0.29, 0.717) is 36.1 Å². The number of para-hydroxylation sites is 2. The number of aromatic amines is 1. The molecule has 6 nitrogen and oxygen atoms in total. The highest BCUT2D eigenvalue weighted by Crippen LogP contribution is 2.46. The quantitative estimate of drug-likeness (QED) is 0.489. The number of carbonyl (C=O) groups excluding carboxylic acids is 1. The molecule has 0 radical (unpaired) electrons. The Hall–Kier alpha value is -2.83. The normalized spacial score (nSPS) is 21.3. The average molecular weight is 453 g/mol. The third-order valence-electron chi connectivity index (χ3n) is 6.49. The van der Waals surface area contributed by atoms with Crippen LogP contribution in [0.3, 0.4) is 0 Å². The largest absolute Gasteiger partial charge is 0.384 e. The number of benzene rings is 2. The van der Waals surface area contributed by atoms with E-state index in [1.165, 1.54) is 0 Å². The second-order valence-corrected chi connectivity index (χ2v) is 9.72. The lowest BCUT2D eigenvalue weighted by molar-refractivity contribution is -0.153. The predicted molar refractivity (Wildman–Crippen MR) is 129 cm³/mol. The van der Waals surface area contributed by atoms with Crippen molar-refractivity contribution in [3.8, 4) is 0 Å². The standard InChI is InChI=1S/C25H29ClN4O2/c1-16(2)21(29-23-27-19-7-5-6-8-20(19)28-23)22(31)30-14-13-25(32,24(3,4)15-30)17-9-11-18(26)12-10-17/h5-12,21,32H,1,13-15H2,2-4H3,(H2,27,28,29)/t21-,25+/m1/s1. The van der Waals surface area contributed by atoms with Crippen molar-refractivity contribution >= 4 is 34.5 Å².